The molecule has 1 aromatic rings. The van der Waals surface area contributed by atoms with Crippen molar-refractivity contribution in [1.29, 1.82) is 0 Å². The van der Waals surface area contributed by atoms with Gasteiger partial charge in [0.15, 0.2) is 12.1 Å². The first-order valence-electron chi connectivity index (χ1n) is 6.95. The zero-order valence-corrected chi connectivity index (χ0v) is 11.8. The second-order valence-corrected chi connectivity index (χ2v) is 5.55. The number of carbonyl (C=O) groups is 1. The molecule has 0 amide bonds. The Morgan fingerprint density at radius 2 is 1.95 bits per heavy atom. The van der Waals surface area contributed by atoms with Crippen LogP contribution in [0.4, 0.5) is 0 Å². The molecule has 0 saturated carbocycles. The monoisotopic (exact) mass is 262 g/mol. The first-order chi connectivity index (χ1) is 9.06. The minimum absolute atomic E-state index is 0.0381. The van der Waals surface area contributed by atoms with Crippen molar-refractivity contribution < 1.29 is 14.3 Å². The van der Waals surface area contributed by atoms with E-state index in [9.17, 15) is 4.79 Å². The standard InChI is InChI=1S/C16H22O3/c1-11(2)16-18-12(3)9-14(19-16)10-15(17)13-7-5-4-6-8-13/h4-8,11-12,14,16H,9-10H2,1-3H3/t12-,14+,16-/m0/s1. The highest BCUT2D eigenvalue weighted by Crippen LogP contribution is 2.25. The largest absolute Gasteiger partial charge is 0.349 e. The van der Waals surface area contributed by atoms with Crippen molar-refractivity contribution in [3.8, 4) is 0 Å². The lowest BCUT2D eigenvalue weighted by Gasteiger charge is -2.36. The van der Waals surface area contributed by atoms with Crippen LogP contribution in [0.25, 0.3) is 0 Å². The Hall–Kier alpha value is -1.19. The Balaban J connectivity index is 1.97. The molecule has 2 rings (SSSR count). The van der Waals surface area contributed by atoms with Crippen molar-refractivity contribution in [2.45, 2.75) is 52.1 Å². The maximum Gasteiger partial charge on any atom is 0.165 e. The molecule has 0 spiro atoms. The molecule has 0 aliphatic carbocycles. The topological polar surface area (TPSA) is 35.5 Å². The molecule has 0 unspecified atom stereocenters. The third-order valence-corrected chi connectivity index (χ3v) is 3.34. The lowest BCUT2D eigenvalue weighted by Crippen LogP contribution is -2.40. The number of ketones is 1. The highest BCUT2D eigenvalue weighted by molar-refractivity contribution is 5.96. The van der Waals surface area contributed by atoms with E-state index in [1.54, 1.807) is 0 Å². The summed E-state index contributed by atoms with van der Waals surface area (Å²) in [6.45, 7) is 6.18. The van der Waals surface area contributed by atoms with Crippen LogP contribution in [0.1, 0.15) is 44.0 Å². The Labute approximate surface area is 114 Å². The van der Waals surface area contributed by atoms with Crippen LogP contribution < -0.4 is 0 Å². The average molecular weight is 262 g/mol. The minimum atomic E-state index is -0.197. The molecule has 0 radical (unpaired) electrons. The summed E-state index contributed by atoms with van der Waals surface area (Å²) in [4.78, 5) is 12.2. The zero-order valence-electron chi connectivity index (χ0n) is 11.8. The van der Waals surface area contributed by atoms with Crippen molar-refractivity contribution in [3.05, 3.63) is 35.9 Å². The van der Waals surface area contributed by atoms with E-state index in [1.807, 2.05) is 37.3 Å². The predicted octanol–water partition coefficient (Wildman–Crippen LogP) is 3.44. The Morgan fingerprint density at radius 3 is 2.58 bits per heavy atom. The summed E-state index contributed by atoms with van der Waals surface area (Å²) in [6.07, 6.45) is 1.12. The predicted molar refractivity (Wildman–Crippen MR) is 74.1 cm³/mol. The first kappa shape index (κ1) is 14.2. The fourth-order valence-corrected chi connectivity index (χ4v) is 2.33. The molecular formula is C16H22O3. The van der Waals surface area contributed by atoms with Crippen molar-refractivity contribution in [2.24, 2.45) is 5.92 Å². The normalized spacial score (nSPS) is 27.5. The van der Waals surface area contributed by atoms with Gasteiger partial charge in [-0.15, -0.1) is 0 Å². The summed E-state index contributed by atoms with van der Waals surface area (Å²) in [7, 11) is 0. The molecule has 1 aromatic carbocycles. The second kappa shape index (κ2) is 6.31. The Kier molecular flexibility index (Phi) is 4.72. The van der Waals surface area contributed by atoms with Gasteiger partial charge in [0.1, 0.15) is 0 Å². The van der Waals surface area contributed by atoms with Crippen LogP contribution in [0.15, 0.2) is 30.3 Å². The van der Waals surface area contributed by atoms with Crippen molar-refractivity contribution in [1.82, 2.24) is 0 Å². The SMILES string of the molecule is CC(C)[C@@H]1O[C@@H](CC(=O)c2ccccc2)C[C@H](C)O1. The Bertz CT molecular complexity index is 413. The van der Waals surface area contributed by atoms with Gasteiger partial charge in [-0.25, -0.2) is 0 Å². The lowest BCUT2D eigenvalue weighted by molar-refractivity contribution is -0.253. The molecule has 1 saturated heterocycles. The number of rotatable bonds is 4. The van der Waals surface area contributed by atoms with E-state index in [2.05, 4.69) is 13.8 Å². The van der Waals surface area contributed by atoms with Crippen LogP contribution in [0.3, 0.4) is 0 Å². The summed E-state index contributed by atoms with van der Waals surface area (Å²) in [6, 6.07) is 9.39. The minimum Gasteiger partial charge on any atom is -0.349 e. The zero-order chi connectivity index (χ0) is 13.8. The highest BCUT2D eigenvalue weighted by Gasteiger charge is 2.30. The van der Waals surface area contributed by atoms with Crippen LogP contribution in [0.2, 0.25) is 0 Å². The van der Waals surface area contributed by atoms with E-state index in [4.69, 9.17) is 9.47 Å². The van der Waals surface area contributed by atoms with Gasteiger partial charge >= 0.3 is 0 Å². The number of hydrogen-bond donors (Lipinski definition) is 0. The molecule has 1 heterocycles. The third-order valence-electron chi connectivity index (χ3n) is 3.34. The fraction of sp³-hybridized carbons (Fsp3) is 0.562. The number of ether oxygens (including phenoxy) is 2. The van der Waals surface area contributed by atoms with Crippen molar-refractivity contribution >= 4 is 5.78 Å². The van der Waals surface area contributed by atoms with E-state index < -0.39 is 0 Å². The first-order valence-corrected chi connectivity index (χ1v) is 6.95. The van der Waals surface area contributed by atoms with Crippen LogP contribution in [0, 0.1) is 5.92 Å². The summed E-state index contributed by atoms with van der Waals surface area (Å²) < 4.78 is 11.6. The molecule has 1 aliphatic heterocycles. The molecular weight excluding hydrogens is 240 g/mol. The molecule has 0 bridgehead atoms. The molecule has 3 nitrogen and oxygen atoms in total. The molecule has 1 fully saturated rings. The molecule has 1 aliphatic rings. The Morgan fingerprint density at radius 1 is 1.26 bits per heavy atom. The second-order valence-electron chi connectivity index (χ2n) is 5.55. The van der Waals surface area contributed by atoms with Gasteiger partial charge in [-0.1, -0.05) is 44.2 Å². The number of hydrogen-bond acceptors (Lipinski definition) is 3. The van der Waals surface area contributed by atoms with E-state index in [0.29, 0.717) is 12.3 Å². The van der Waals surface area contributed by atoms with Gasteiger partial charge in [0.05, 0.1) is 12.2 Å². The molecule has 3 heteroatoms. The quantitative estimate of drug-likeness (QED) is 0.780. The van der Waals surface area contributed by atoms with E-state index in [1.165, 1.54) is 0 Å². The van der Waals surface area contributed by atoms with Gasteiger partial charge in [-0.05, 0) is 6.92 Å². The lowest BCUT2D eigenvalue weighted by atomic mass is 10.0. The molecule has 104 valence electrons. The highest BCUT2D eigenvalue weighted by atomic mass is 16.7. The average Bonchev–Trinajstić information content (AvgIpc) is 2.39. The van der Waals surface area contributed by atoms with E-state index in [0.717, 1.165) is 12.0 Å². The number of Topliss-reactive ketones (excluding diaryl/α,β-unsaturated/α-hetero) is 1. The fourth-order valence-electron chi connectivity index (χ4n) is 2.33. The smallest absolute Gasteiger partial charge is 0.165 e. The van der Waals surface area contributed by atoms with Crippen molar-refractivity contribution in [3.63, 3.8) is 0 Å². The van der Waals surface area contributed by atoms with Crippen LogP contribution >= 0.6 is 0 Å². The summed E-state index contributed by atoms with van der Waals surface area (Å²) in [5.41, 5.74) is 0.756. The number of benzene rings is 1. The van der Waals surface area contributed by atoms with Gasteiger partial charge in [0.2, 0.25) is 0 Å². The molecule has 3 atom stereocenters. The van der Waals surface area contributed by atoms with Gasteiger partial charge in [0, 0.05) is 24.3 Å². The van der Waals surface area contributed by atoms with E-state index >= 15 is 0 Å². The molecule has 19 heavy (non-hydrogen) atoms. The maximum atomic E-state index is 12.2. The maximum absolute atomic E-state index is 12.2. The van der Waals surface area contributed by atoms with Crippen molar-refractivity contribution in [2.75, 3.05) is 0 Å². The molecule has 0 N–H and O–H groups in total. The van der Waals surface area contributed by atoms with Gasteiger partial charge in [-0.2, -0.15) is 0 Å². The van der Waals surface area contributed by atoms with Gasteiger partial charge in [0.25, 0.3) is 0 Å². The van der Waals surface area contributed by atoms with Gasteiger partial charge in [-0.3, -0.25) is 4.79 Å². The summed E-state index contributed by atoms with van der Waals surface area (Å²) in [5.74, 6) is 0.444. The summed E-state index contributed by atoms with van der Waals surface area (Å²) >= 11 is 0. The molecule has 0 aromatic heterocycles. The van der Waals surface area contributed by atoms with Crippen LogP contribution in [-0.4, -0.2) is 24.3 Å². The van der Waals surface area contributed by atoms with Crippen LogP contribution in [-0.2, 0) is 9.47 Å². The van der Waals surface area contributed by atoms with Gasteiger partial charge < -0.3 is 9.47 Å². The third kappa shape index (κ3) is 3.88. The van der Waals surface area contributed by atoms with Crippen LogP contribution in [0.5, 0.6) is 0 Å². The summed E-state index contributed by atoms with van der Waals surface area (Å²) in [5, 5.41) is 0. The number of carbonyl (C=O) groups excluding carboxylic acids is 1. The van der Waals surface area contributed by atoms with E-state index in [-0.39, 0.29) is 24.3 Å².